The normalized spacial score (nSPS) is 20.1. The van der Waals surface area contributed by atoms with E-state index < -0.39 is 0 Å². The van der Waals surface area contributed by atoms with Gasteiger partial charge in [-0.15, -0.1) is 0 Å². The average molecular weight is 286 g/mol. The van der Waals surface area contributed by atoms with E-state index in [1.54, 1.807) is 0 Å². The highest BCUT2D eigenvalue weighted by atomic mass is 16.2. The van der Waals surface area contributed by atoms with Gasteiger partial charge in [-0.25, -0.2) is 0 Å². The Hall–Kier alpha value is -1.51. The molecule has 0 unspecified atom stereocenters. The van der Waals surface area contributed by atoms with Gasteiger partial charge in [0.1, 0.15) is 0 Å². The van der Waals surface area contributed by atoms with Crippen molar-refractivity contribution < 1.29 is 4.79 Å². The van der Waals surface area contributed by atoms with Crippen molar-refractivity contribution in [1.82, 2.24) is 4.90 Å². The number of piperazine rings is 1. The van der Waals surface area contributed by atoms with E-state index in [-0.39, 0.29) is 0 Å². The zero-order valence-electron chi connectivity index (χ0n) is 13.3. The van der Waals surface area contributed by atoms with Crippen LogP contribution < -0.4 is 4.90 Å². The Kier molecular flexibility index (Phi) is 4.18. The van der Waals surface area contributed by atoms with Gasteiger partial charge in [-0.05, 0) is 43.9 Å². The summed E-state index contributed by atoms with van der Waals surface area (Å²) in [4.78, 5) is 17.0. The van der Waals surface area contributed by atoms with E-state index in [2.05, 4.69) is 41.8 Å². The fourth-order valence-electron chi connectivity index (χ4n) is 3.68. The van der Waals surface area contributed by atoms with Crippen molar-refractivity contribution in [2.45, 2.75) is 39.5 Å². The van der Waals surface area contributed by atoms with Crippen LogP contribution in [0.2, 0.25) is 0 Å². The molecule has 21 heavy (non-hydrogen) atoms. The number of hydrogen-bond acceptors (Lipinski definition) is 2. The Morgan fingerprint density at radius 2 is 1.71 bits per heavy atom. The topological polar surface area (TPSA) is 23.6 Å². The third kappa shape index (κ3) is 2.92. The molecule has 3 rings (SSSR count). The maximum absolute atomic E-state index is 12.5. The predicted octanol–water partition coefficient (Wildman–Crippen LogP) is 3.14. The summed E-state index contributed by atoms with van der Waals surface area (Å²) in [6.07, 6.45) is 4.68. The van der Waals surface area contributed by atoms with Gasteiger partial charge in [-0.3, -0.25) is 4.79 Å². The third-order valence-corrected chi connectivity index (χ3v) is 5.21. The standard InChI is InChI=1S/C18H26N2O/c1-14-6-5-9-17(15(14)2)19-10-12-20(13-11-19)18(21)16-7-3-4-8-16/h5-6,9,16H,3-4,7-8,10-13H2,1-2H3. The van der Waals surface area contributed by atoms with E-state index in [0.29, 0.717) is 11.8 Å². The minimum absolute atomic E-state index is 0.317. The maximum atomic E-state index is 12.5. The molecule has 114 valence electrons. The average Bonchev–Trinajstić information content (AvgIpc) is 3.04. The third-order valence-electron chi connectivity index (χ3n) is 5.21. The molecule has 1 saturated heterocycles. The van der Waals surface area contributed by atoms with Gasteiger partial charge in [-0.1, -0.05) is 25.0 Å². The molecule has 0 N–H and O–H groups in total. The molecule has 2 aliphatic rings. The molecule has 2 fully saturated rings. The highest BCUT2D eigenvalue weighted by Gasteiger charge is 2.29. The summed E-state index contributed by atoms with van der Waals surface area (Å²) in [6.45, 7) is 8.04. The highest BCUT2D eigenvalue weighted by molar-refractivity contribution is 5.79. The fraction of sp³-hybridized carbons (Fsp3) is 0.611. The van der Waals surface area contributed by atoms with Gasteiger partial charge in [0.25, 0.3) is 0 Å². The van der Waals surface area contributed by atoms with Crippen LogP contribution in [0.5, 0.6) is 0 Å². The number of carbonyl (C=O) groups is 1. The summed E-state index contributed by atoms with van der Waals surface area (Å²) in [5.41, 5.74) is 4.05. The van der Waals surface area contributed by atoms with Gasteiger partial charge in [0.15, 0.2) is 0 Å². The zero-order valence-corrected chi connectivity index (χ0v) is 13.3. The quantitative estimate of drug-likeness (QED) is 0.834. The first kappa shape index (κ1) is 14.4. The molecule has 0 radical (unpaired) electrons. The summed E-state index contributed by atoms with van der Waals surface area (Å²) < 4.78 is 0. The summed E-state index contributed by atoms with van der Waals surface area (Å²) in [7, 11) is 0. The molecule has 3 nitrogen and oxygen atoms in total. The van der Waals surface area contributed by atoms with Crippen LogP contribution in [0, 0.1) is 19.8 Å². The van der Waals surface area contributed by atoms with Crippen LogP contribution in [0.25, 0.3) is 0 Å². The number of anilines is 1. The second-order valence-electron chi connectivity index (χ2n) is 6.51. The largest absolute Gasteiger partial charge is 0.368 e. The number of hydrogen-bond donors (Lipinski definition) is 0. The zero-order chi connectivity index (χ0) is 14.8. The maximum Gasteiger partial charge on any atom is 0.225 e. The van der Waals surface area contributed by atoms with Crippen molar-refractivity contribution in [3.8, 4) is 0 Å². The Bertz CT molecular complexity index is 512. The highest BCUT2D eigenvalue weighted by Crippen LogP contribution is 2.28. The Morgan fingerprint density at radius 3 is 2.38 bits per heavy atom. The van der Waals surface area contributed by atoms with Crippen LogP contribution in [0.4, 0.5) is 5.69 Å². The summed E-state index contributed by atoms with van der Waals surface area (Å²) in [6, 6.07) is 6.50. The summed E-state index contributed by atoms with van der Waals surface area (Å²) >= 11 is 0. The predicted molar refractivity (Wildman–Crippen MR) is 86.7 cm³/mol. The number of carbonyl (C=O) groups excluding carboxylic acids is 1. The van der Waals surface area contributed by atoms with E-state index in [9.17, 15) is 4.79 Å². The lowest BCUT2D eigenvalue weighted by Crippen LogP contribution is -2.50. The lowest BCUT2D eigenvalue weighted by atomic mass is 10.0. The van der Waals surface area contributed by atoms with Crippen molar-refractivity contribution in [2.24, 2.45) is 5.92 Å². The lowest BCUT2D eigenvalue weighted by molar-refractivity contribution is -0.135. The number of nitrogens with zero attached hydrogens (tertiary/aromatic N) is 2. The first-order valence-corrected chi connectivity index (χ1v) is 8.27. The second-order valence-corrected chi connectivity index (χ2v) is 6.51. The van der Waals surface area contributed by atoms with Crippen molar-refractivity contribution in [1.29, 1.82) is 0 Å². The lowest BCUT2D eigenvalue weighted by Gasteiger charge is -2.38. The molecule has 1 aliphatic carbocycles. The van der Waals surface area contributed by atoms with Crippen molar-refractivity contribution in [2.75, 3.05) is 31.1 Å². The molecule has 1 aliphatic heterocycles. The van der Waals surface area contributed by atoms with Crippen LogP contribution in [0.1, 0.15) is 36.8 Å². The second kappa shape index (κ2) is 6.08. The van der Waals surface area contributed by atoms with E-state index in [4.69, 9.17) is 0 Å². The van der Waals surface area contributed by atoms with Gasteiger partial charge in [0.05, 0.1) is 0 Å². The number of rotatable bonds is 2. The van der Waals surface area contributed by atoms with Crippen molar-refractivity contribution in [3.63, 3.8) is 0 Å². The Labute approximate surface area is 127 Å². The van der Waals surface area contributed by atoms with Crippen LogP contribution >= 0.6 is 0 Å². The van der Waals surface area contributed by atoms with Crippen LogP contribution in [-0.2, 0) is 4.79 Å². The molecule has 0 aromatic heterocycles. The summed E-state index contributed by atoms with van der Waals surface area (Å²) in [5.74, 6) is 0.727. The van der Waals surface area contributed by atoms with E-state index >= 15 is 0 Å². The molecular formula is C18H26N2O. The van der Waals surface area contributed by atoms with Gasteiger partial charge < -0.3 is 9.80 Å². The van der Waals surface area contributed by atoms with Crippen LogP contribution in [-0.4, -0.2) is 37.0 Å². The monoisotopic (exact) mass is 286 g/mol. The molecule has 3 heteroatoms. The fourth-order valence-corrected chi connectivity index (χ4v) is 3.68. The molecule has 1 aromatic carbocycles. The first-order chi connectivity index (χ1) is 10.2. The van der Waals surface area contributed by atoms with Crippen LogP contribution in [0.3, 0.4) is 0 Å². The van der Waals surface area contributed by atoms with Crippen molar-refractivity contribution >= 4 is 11.6 Å². The van der Waals surface area contributed by atoms with Gasteiger partial charge in [0.2, 0.25) is 5.91 Å². The smallest absolute Gasteiger partial charge is 0.225 e. The van der Waals surface area contributed by atoms with E-state index in [0.717, 1.165) is 39.0 Å². The number of benzene rings is 1. The molecule has 0 spiro atoms. The van der Waals surface area contributed by atoms with Gasteiger partial charge in [-0.2, -0.15) is 0 Å². The van der Waals surface area contributed by atoms with E-state index in [1.807, 2.05) is 0 Å². The van der Waals surface area contributed by atoms with E-state index in [1.165, 1.54) is 29.7 Å². The van der Waals surface area contributed by atoms with Crippen molar-refractivity contribution in [3.05, 3.63) is 29.3 Å². The summed E-state index contributed by atoms with van der Waals surface area (Å²) in [5, 5.41) is 0. The molecule has 1 aromatic rings. The Balaban J connectivity index is 1.62. The van der Waals surface area contributed by atoms with Crippen LogP contribution in [0.15, 0.2) is 18.2 Å². The van der Waals surface area contributed by atoms with Gasteiger partial charge in [0, 0.05) is 37.8 Å². The molecule has 1 amide bonds. The molecule has 0 bridgehead atoms. The molecule has 1 heterocycles. The number of amides is 1. The minimum atomic E-state index is 0.317. The molecule has 1 saturated carbocycles. The molecular weight excluding hydrogens is 260 g/mol. The first-order valence-electron chi connectivity index (χ1n) is 8.27. The number of aryl methyl sites for hydroxylation is 1. The Morgan fingerprint density at radius 1 is 1.05 bits per heavy atom. The molecule has 0 atom stereocenters. The SMILES string of the molecule is Cc1cccc(N2CCN(C(=O)C3CCCC3)CC2)c1C. The minimum Gasteiger partial charge on any atom is -0.368 e. The van der Waals surface area contributed by atoms with Gasteiger partial charge >= 0.3 is 0 Å².